The summed E-state index contributed by atoms with van der Waals surface area (Å²) in [5, 5.41) is 4.11. The molecule has 0 saturated carbocycles. The number of halogens is 1. The quantitative estimate of drug-likeness (QED) is 0.573. The lowest BCUT2D eigenvalue weighted by molar-refractivity contribution is -0.141. The van der Waals surface area contributed by atoms with Gasteiger partial charge in [0.2, 0.25) is 5.91 Å². The van der Waals surface area contributed by atoms with E-state index in [2.05, 4.69) is 25.8 Å². The summed E-state index contributed by atoms with van der Waals surface area (Å²) >= 11 is 3.43. The summed E-state index contributed by atoms with van der Waals surface area (Å²) in [6.45, 7) is 0.572. The number of para-hydroxylation sites is 1. The van der Waals surface area contributed by atoms with Crippen LogP contribution >= 0.6 is 15.9 Å². The Bertz CT molecular complexity index is 951. The maximum Gasteiger partial charge on any atom is 0.307 e. The smallest absolute Gasteiger partial charge is 0.307 e. The zero-order valence-electron chi connectivity index (χ0n) is 15.0. The van der Waals surface area contributed by atoms with Gasteiger partial charge in [-0.1, -0.05) is 46.3 Å². The van der Waals surface area contributed by atoms with E-state index in [0.29, 0.717) is 13.0 Å². The first-order chi connectivity index (χ1) is 13.1. The van der Waals surface area contributed by atoms with E-state index in [1.165, 1.54) is 7.11 Å². The molecule has 0 aliphatic carbocycles. The summed E-state index contributed by atoms with van der Waals surface area (Å²) in [4.78, 5) is 24.3. The Morgan fingerprint density at radius 2 is 1.96 bits per heavy atom. The zero-order chi connectivity index (χ0) is 19.2. The summed E-state index contributed by atoms with van der Waals surface area (Å²) in [5.41, 5.74) is 1.96. The van der Waals surface area contributed by atoms with E-state index < -0.39 is 6.04 Å². The number of esters is 1. The number of methoxy groups -OCH3 is 1. The van der Waals surface area contributed by atoms with Crippen molar-refractivity contribution in [1.29, 1.82) is 0 Å². The summed E-state index contributed by atoms with van der Waals surface area (Å²) < 4.78 is 7.73. The van der Waals surface area contributed by atoms with Crippen molar-refractivity contribution in [3.8, 4) is 0 Å². The van der Waals surface area contributed by atoms with Crippen LogP contribution in [0.2, 0.25) is 0 Å². The van der Waals surface area contributed by atoms with Gasteiger partial charge in [-0.25, -0.2) is 0 Å². The number of fused-ring (bicyclic) bond motifs is 1. The minimum absolute atomic E-state index is 0.0884. The normalized spacial score (nSPS) is 11.9. The maximum absolute atomic E-state index is 12.5. The predicted molar refractivity (Wildman–Crippen MR) is 108 cm³/mol. The second-order valence-electron chi connectivity index (χ2n) is 6.27. The molecule has 3 rings (SSSR count). The van der Waals surface area contributed by atoms with Crippen LogP contribution in [0.5, 0.6) is 0 Å². The molecule has 1 unspecified atom stereocenters. The van der Waals surface area contributed by atoms with Crippen LogP contribution in [0.4, 0.5) is 0 Å². The van der Waals surface area contributed by atoms with Crippen LogP contribution in [-0.4, -0.2) is 23.6 Å². The zero-order valence-corrected chi connectivity index (χ0v) is 16.6. The van der Waals surface area contributed by atoms with E-state index >= 15 is 0 Å². The van der Waals surface area contributed by atoms with E-state index in [4.69, 9.17) is 4.74 Å². The van der Waals surface area contributed by atoms with Gasteiger partial charge in [0.25, 0.3) is 0 Å². The fraction of sp³-hybridized carbons (Fsp3) is 0.238. The molecule has 2 aromatic carbocycles. The SMILES string of the molecule is COC(=O)CC(NC(=O)CCn1ccc2ccccc21)c1cccc(Br)c1. The average Bonchev–Trinajstić information content (AvgIpc) is 3.09. The molecule has 1 aromatic heterocycles. The molecule has 27 heavy (non-hydrogen) atoms. The number of aryl methyl sites for hydroxylation is 1. The number of benzene rings is 2. The molecule has 140 valence electrons. The third kappa shape index (κ3) is 4.98. The molecule has 3 aromatic rings. The molecule has 1 heterocycles. The van der Waals surface area contributed by atoms with Crippen molar-refractivity contribution in [3.63, 3.8) is 0 Å². The summed E-state index contributed by atoms with van der Waals surface area (Å²) in [5.74, 6) is -0.474. The largest absolute Gasteiger partial charge is 0.469 e. The van der Waals surface area contributed by atoms with Crippen LogP contribution < -0.4 is 5.32 Å². The molecule has 0 fully saturated rings. The van der Waals surface area contributed by atoms with Gasteiger partial charge in [0, 0.05) is 29.2 Å². The summed E-state index contributed by atoms with van der Waals surface area (Å²) in [7, 11) is 1.35. The highest BCUT2D eigenvalue weighted by Crippen LogP contribution is 2.22. The van der Waals surface area contributed by atoms with E-state index in [1.54, 1.807) is 0 Å². The Labute approximate surface area is 166 Å². The monoisotopic (exact) mass is 428 g/mol. The highest BCUT2D eigenvalue weighted by molar-refractivity contribution is 9.10. The van der Waals surface area contributed by atoms with Crippen molar-refractivity contribution in [3.05, 3.63) is 70.8 Å². The number of carbonyl (C=O) groups is 2. The topological polar surface area (TPSA) is 60.3 Å². The Morgan fingerprint density at radius 1 is 1.15 bits per heavy atom. The number of amides is 1. The number of rotatable bonds is 7. The number of aromatic nitrogens is 1. The van der Waals surface area contributed by atoms with Crippen molar-refractivity contribution in [2.45, 2.75) is 25.4 Å². The highest BCUT2D eigenvalue weighted by Gasteiger charge is 2.19. The minimum Gasteiger partial charge on any atom is -0.469 e. The maximum atomic E-state index is 12.5. The lowest BCUT2D eigenvalue weighted by atomic mass is 10.0. The molecule has 0 aliphatic heterocycles. The summed E-state index contributed by atoms with van der Waals surface area (Å²) in [6, 6.07) is 17.2. The lowest BCUT2D eigenvalue weighted by Gasteiger charge is -2.19. The van der Waals surface area contributed by atoms with Gasteiger partial charge in [-0.05, 0) is 35.2 Å². The molecular formula is C21H21BrN2O3. The van der Waals surface area contributed by atoms with E-state index in [9.17, 15) is 9.59 Å². The Hall–Kier alpha value is -2.60. The molecule has 0 spiro atoms. The van der Waals surface area contributed by atoms with E-state index in [1.807, 2.05) is 60.8 Å². The number of nitrogens with one attached hydrogen (secondary N) is 1. The van der Waals surface area contributed by atoms with Gasteiger partial charge in [0.05, 0.1) is 19.6 Å². The van der Waals surface area contributed by atoms with Crippen LogP contribution in [-0.2, 0) is 20.9 Å². The third-order valence-corrected chi connectivity index (χ3v) is 4.94. The molecule has 1 N–H and O–H groups in total. The van der Waals surface area contributed by atoms with Gasteiger partial charge in [-0.3, -0.25) is 9.59 Å². The van der Waals surface area contributed by atoms with Crippen molar-refractivity contribution >= 4 is 38.7 Å². The van der Waals surface area contributed by atoms with Crippen LogP contribution in [0.15, 0.2) is 65.3 Å². The average molecular weight is 429 g/mol. The van der Waals surface area contributed by atoms with Gasteiger partial charge in [0.1, 0.15) is 0 Å². The second kappa shape index (κ2) is 8.86. The lowest BCUT2D eigenvalue weighted by Crippen LogP contribution is -2.31. The van der Waals surface area contributed by atoms with Gasteiger partial charge >= 0.3 is 5.97 Å². The molecule has 5 nitrogen and oxygen atoms in total. The molecule has 0 bridgehead atoms. The molecule has 0 radical (unpaired) electrons. The first kappa shape index (κ1) is 19.2. The molecule has 0 saturated heterocycles. The van der Waals surface area contributed by atoms with Gasteiger partial charge < -0.3 is 14.6 Å². The first-order valence-electron chi connectivity index (χ1n) is 8.72. The number of carbonyl (C=O) groups excluding carboxylic acids is 2. The number of nitrogens with zero attached hydrogens (tertiary/aromatic N) is 1. The molecule has 0 aliphatic rings. The van der Waals surface area contributed by atoms with Gasteiger partial charge in [-0.2, -0.15) is 0 Å². The molecule has 1 atom stereocenters. The van der Waals surface area contributed by atoms with Crippen LogP contribution in [0.25, 0.3) is 10.9 Å². The standard InChI is InChI=1S/C21H21BrN2O3/c1-27-21(26)14-18(16-6-4-7-17(22)13-16)23-20(25)10-12-24-11-9-15-5-2-3-8-19(15)24/h2-9,11,13,18H,10,12,14H2,1H3,(H,23,25). The molecular weight excluding hydrogens is 408 g/mol. The van der Waals surface area contributed by atoms with E-state index in [0.717, 1.165) is 20.9 Å². The Balaban J connectivity index is 1.67. The number of ether oxygens (including phenoxy) is 1. The minimum atomic E-state index is -0.427. The van der Waals surface area contributed by atoms with Crippen LogP contribution in [0, 0.1) is 0 Å². The predicted octanol–water partition coefficient (Wildman–Crippen LogP) is 4.21. The van der Waals surface area contributed by atoms with Crippen LogP contribution in [0.1, 0.15) is 24.4 Å². The van der Waals surface area contributed by atoms with Crippen LogP contribution in [0.3, 0.4) is 0 Å². The molecule has 1 amide bonds. The fourth-order valence-corrected chi connectivity index (χ4v) is 3.47. The fourth-order valence-electron chi connectivity index (χ4n) is 3.05. The van der Waals surface area contributed by atoms with E-state index in [-0.39, 0.29) is 18.3 Å². The Kier molecular flexibility index (Phi) is 6.29. The number of hydrogen-bond acceptors (Lipinski definition) is 3. The second-order valence-corrected chi connectivity index (χ2v) is 7.19. The van der Waals surface area contributed by atoms with Crippen molar-refractivity contribution in [1.82, 2.24) is 9.88 Å². The van der Waals surface area contributed by atoms with Crippen molar-refractivity contribution in [2.75, 3.05) is 7.11 Å². The van der Waals surface area contributed by atoms with Gasteiger partial charge in [0.15, 0.2) is 0 Å². The number of hydrogen-bond donors (Lipinski definition) is 1. The summed E-state index contributed by atoms with van der Waals surface area (Å²) in [6.07, 6.45) is 2.40. The van der Waals surface area contributed by atoms with Crippen molar-refractivity contribution < 1.29 is 14.3 Å². The first-order valence-corrected chi connectivity index (χ1v) is 9.51. The highest BCUT2D eigenvalue weighted by atomic mass is 79.9. The Morgan fingerprint density at radius 3 is 2.74 bits per heavy atom. The van der Waals surface area contributed by atoms with Crippen molar-refractivity contribution in [2.24, 2.45) is 0 Å². The van der Waals surface area contributed by atoms with Gasteiger partial charge in [-0.15, -0.1) is 0 Å². The molecule has 6 heteroatoms. The third-order valence-electron chi connectivity index (χ3n) is 4.44.